The van der Waals surface area contributed by atoms with E-state index in [2.05, 4.69) is 27.7 Å². The number of nitrogens with zero attached hydrogens (tertiary/aromatic N) is 2. The molecule has 0 saturated carbocycles. The van der Waals surface area contributed by atoms with Crippen LogP contribution in [0.25, 0.3) is 0 Å². The number of methoxy groups -OCH3 is 1. The van der Waals surface area contributed by atoms with Crippen LogP contribution in [-0.4, -0.2) is 78.6 Å². The van der Waals surface area contributed by atoms with E-state index in [1.54, 1.807) is 7.11 Å². The van der Waals surface area contributed by atoms with Gasteiger partial charge in [0.25, 0.3) is 0 Å². The van der Waals surface area contributed by atoms with Gasteiger partial charge in [0.2, 0.25) is 0 Å². The first-order chi connectivity index (χ1) is 14.3. The SMILES string of the molecule is CCNC(=NCC(c1ccc(OC)cc1)N1CCOCC1)NCCS(=O)C(C)(C)C. The fourth-order valence-electron chi connectivity index (χ4n) is 3.23. The highest BCUT2D eigenvalue weighted by molar-refractivity contribution is 7.86. The predicted octanol–water partition coefficient (Wildman–Crippen LogP) is 2.17. The molecule has 0 bridgehead atoms. The van der Waals surface area contributed by atoms with Crippen molar-refractivity contribution >= 4 is 16.8 Å². The lowest BCUT2D eigenvalue weighted by Gasteiger charge is -2.34. The quantitative estimate of drug-likeness (QED) is 0.455. The average Bonchev–Trinajstić information content (AvgIpc) is 2.74. The number of benzene rings is 1. The van der Waals surface area contributed by atoms with Gasteiger partial charge in [-0.2, -0.15) is 0 Å². The molecule has 0 aliphatic carbocycles. The Labute approximate surface area is 184 Å². The van der Waals surface area contributed by atoms with Gasteiger partial charge in [-0.25, -0.2) is 0 Å². The third-order valence-corrected chi connectivity index (χ3v) is 6.96. The van der Waals surface area contributed by atoms with Crippen molar-refractivity contribution in [3.05, 3.63) is 29.8 Å². The molecule has 2 atom stereocenters. The van der Waals surface area contributed by atoms with E-state index in [1.807, 2.05) is 39.8 Å². The summed E-state index contributed by atoms with van der Waals surface area (Å²) in [6, 6.07) is 8.39. The Morgan fingerprint density at radius 2 is 1.90 bits per heavy atom. The average molecular weight is 439 g/mol. The normalized spacial score (nSPS) is 18.0. The van der Waals surface area contributed by atoms with E-state index in [9.17, 15) is 4.21 Å². The number of rotatable bonds is 9. The van der Waals surface area contributed by atoms with Gasteiger partial charge in [0.05, 0.1) is 32.9 Å². The Morgan fingerprint density at radius 3 is 2.47 bits per heavy atom. The molecule has 8 heteroatoms. The highest BCUT2D eigenvalue weighted by atomic mass is 32.2. The first kappa shape index (κ1) is 24.6. The molecule has 1 aliphatic rings. The van der Waals surface area contributed by atoms with E-state index in [0.717, 1.165) is 44.6 Å². The number of aliphatic imine (C=N–C) groups is 1. The molecule has 7 nitrogen and oxygen atoms in total. The Hall–Kier alpha value is -1.64. The van der Waals surface area contributed by atoms with Gasteiger partial charge in [-0.1, -0.05) is 12.1 Å². The molecule has 0 radical (unpaired) electrons. The monoisotopic (exact) mass is 438 g/mol. The van der Waals surface area contributed by atoms with E-state index < -0.39 is 10.8 Å². The van der Waals surface area contributed by atoms with E-state index >= 15 is 0 Å². The molecular formula is C22H38N4O3S. The molecule has 1 aromatic carbocycles. The van der Waals surface area contributed by atoms with Crippen LogP contribution < -0.4 is 15.4 Å². The van der Waals surface area contributed by atoms with Gasteiger partial charge in [0.1, 0.15) is 5.75 Å². The summed E-state index contributed by atoms with van der Waals surface area (Å²) in [5, 5.41) is 6.63. The van der Waals surface area contributed by atoms with Crippen LogP contribution in [0.15, 0.2) is 29.3 Å². The van der Waals surface area contributed by atoms with Gasteiger partial charge in [0.15, 0.2) is 5.96 Å². The number of hydrogen-bond donors (Lipinski definition) is 2. The van der Waals surface area contributed by atoms with Crippen LogP contribution in [0.1, 0.15) is 39.3 Å². The molecule has 2 unspecified atom stereocenters. The molecule has 170 valence electrons. The first-order valence-corrected chi connectivity index (χ1v) is 12.0. The van der Waals surface area contributed by atoms with Crippen molar-refractivity contribution in [3.63, 3.8) is 0 Å². The van der Waals surface area contributed by atoms with Crippen molar-refractivity contribution in [1.82, 2.24) is 15.5 Å². The Bertz CT molecular complexity index is 683. The fraction of sp³-hybridized carbons (Fsp3) is 0.682. The van der Waals surface area contributed by atoms with Crippen LogP contribution >= 0.6 is 0 Å². The maximum Gasteiger partial charge on any atom is 0.191 e. The lowest BCUT2D eigenvalue weighted by molar-refractivity contribution is 0.0179. The van der Waals surface area contributed by atoms with Gasteiger partial charge in [0, 0.05) is 47.5 Å². The molecule has 2 rings (SSSR count). The molecule has 1 heterocycles. The fourth-order valence-corrected chi connectivity index (χ4v) is 4.13. The van der Waals surface area contributed by atoms with Gasteiger partial charge >= 0.3 is 0 Å². The summed E-state index contributed by atoms with van der Waals surface area (Å²) in [5.41, 5.74) is 1.21. The first-order valence-electron chi connectivity index (χ1n) is 10.7. The van der Waals surface area contributed by atoms with Crippen molar-refractivity contribution in [2.24, 2.45) is 4.99 Å². The minimum Gasteiger partial charge on any atom is -0.497 e. The zero-order chi connectivity index (χ0) is 22.0. The third kappa shape index (κ3) is 7.89. The molecule has 0 aromatic heterocycles. The molecule has 1 fully saturated rings. The summed E-state index contributed by atoms with van der Waals surface area (Å²) in [6.45, 7) is 13.4. The van der Waals surface area contributed by atoms with Crippen molar-refractivity contribution in [2.45, 2.75) is 38.5 Å². The van der Waals surface area contributed by atoms with E-state index in [0.29, 0.717) is 18.8 Å². The Kier molecular flexibility index (Phi) is 10.1. The minimum absolute atomic E-state index is 0.166. The number of hydrogen-bond acceptors (Lipinski definition) is 5. The number of morpholine rings is 1. The van der Waals surface area contributed by atoms with Crippen molar-refractivity contribution < 1.29 is 13.7 Å². The molecule has 1 aliphatic heterocycles. The zero-order valence-corrected chi connectivity index (χ0v) is 19.9. The van der Waals surface area contributed by atoms with Gasteiger partial charge in [-0.3, -0.25) is 14.1 Å². The van der Waals surface area contributed by atoms with Crippen LogP contribution in [0.2, 0.25) is 0 Å². The molecule has 1 aromatic rings. The van der Waals surface area contributed by atoms with Crippen LogP contribution in [0.5, 0.6) is 5.75 Å². The number of guanidine groups is 1. The number of ether oxygens (including phenoxy) is 2. The summed E-state index contributed by atoms with van der Waals surface area (Å²) in [6.07, 6.45) is 0. The van der Waals surface area contributed by atoms with Gasteiger partial charge < -0.3 is 20.1 Å². The zero-order valence-electron chi connectivity index (χ0n) is 19.1. The third-order valence-electron chi connectivity index (χ3n) is 5.02. The van der Waals surface area contributed by atoms with E-state index in [-0.39, 0.29) is 10.8 Å². The standard InChI is InChI=1S/C22H38N4O3S/c1-6-23-21(24-11-16-30(27)22(2,3)4)25-17-20(26-12-14-29-15-13-26)18-7-9-19(28-5)10-8-18/h7-10,20H,6,11-17H2,1-5H3,(H2,23,24,25). The lowest BCUT2D eigenvalue weighted by atomic mass is 10.0. The predicted molar refractivity (Wildman–Crippen MR) is 125 cm³/mol. The number of nitrogens with one attached hydrogen (secondary N) is 2. The summed E-state index contributed by atoms with van der Waals surface area (Å²) in [7, 11) is 0.794. The summed E-state index contributed by atoms with van der Waals surface area (Å²) in [4.78, 5) is 7.27. The molecule has 1 saturated heterocycles. The maximum atomic E-state index is 12.3. The van der Waals surface area contributed by atoms with Crippen LogP contribution in [0.3, 0.4) is 0 Å². The summed E-state index contributed by atoms with van der Waals surface area (Å²) >= 11 is 0. The van der Waals surface area contributed by atoms with Gasteiger partial charge in [-0.15, -0.1) is 0 Å². The Morgan fingerprint density at radius 1 is 1.23 bits per heavy atom. The second-order valence-electron chi connectivity index (χ2n) is 8.25. The highest BCUT2D eigenvalue weighted by Gasteiger charge is 2.23. The smallest absolute Gasteiger partial charge is 0.191 e. The molecule has 0 spiro atoms. The van der Waals surface area contributed by atoms with Crippen molar-refractivity contribution in [2.75, 3.05) is 58.8 Å². The van der Waals surface area contributed by atoms with Crippen molar-refractivity contribution in [3.8, 4) is 5.75 Å². The van der Waals surface area contributed by atoms with E-state index in [4.69, 9.17) is 14.5 Å². The highest BCUT2D eigenvalue weighted by Crippen LogP contribution is 2.24. The van der Waals surface area contributed by atoms with Crippen LogP contribution in [-0.2, 0) is 15.5 Å². The second kappa shape index (κ2) is 12.3. The second-order valence-corrected chi connectivity index (χ2v) is 10.6. The largest absolute Gasteiger partial charge is 0.497 e. The lowest BCUT2D eigenvalue weighted by Crippen LogP contribution is -2.42. The molecule has 30 heavy (non-hydrogen) atoms. The maximum absolute atomic E-state index is 12.3. The Balaban J connectivity index is 2.08. The topological polar surface area (TPSA) is 75.2 Å². The molecular weight excluding hydrogens is 400 g/mol. The molecule has 2 N–H and O–H groups in total. The van der Waals surface area contributed by atoms with E-state index in [1.165, 1.54) is 5.56 Å². The van der Waals surface area contributed by atoms with Crippen LogP contribution in [0, 0.1) is 0 Å². The van der Waals surface area contributed by atoms with Gasteiger partial charge in [-0.05, 0) is 45.4 Å². The van der Waals surface area contributed by atoms with Crippen molar-refractivity contribution in [1.29, 1.82) is 0 Å². The van der Waals surface area contributed by atoms with Crippen LogP contribution in [0.4, 0.5) is 0 Å². The summed E-state index contributed by atoms with van der Waals surface area (Å²) < 4.78 is 22.9. The molecule has 0 amide bonds. The minimum atomic E-state index is -0.886. The summed E-state index contributed by atoms with van der Waals surface area (Å²) in [5.74, 6) is 2.21.